The minimum absolute atomic E-state index is 0.0455. The van der Waals surface area contributed by atoms with Crippen molar-refractivity contribution < 1.29 is 14.6 Å². The van der Waals surface area contributed by atoms with Crippen molar-refractivity contribution in [2.45, 2.75) is 31.4 Å². The van der Waals surface area contributed by atoms with E-state index in [0.717, 1.165) is 43.7 Å². The minimum Gasteiger partial charge on any atom is -0.371 e. The number of hydroxylamine groups is 1. The van der Waals surface area contributed by atoms with Crippen LogP contribution in [0.1, 0.15) is 30.9 Å². The number of non-ortho nitro benzene ring substituents is 1. The lowest BCUT2D eigenvalue weighted by atomic mass is 9.95. The van der Waals surface area contributed by atoms with Crippen LogP contribution in [0.5, 0.6) is 0 Å². The molecule has 2 aliphatic heterocycles. The molecule has 186 valence electrons. The van der Waals surface area contributed by atoms with Gasteiger partial charge in [-0.1, -0.05) is 48.5 Å². The van der Waals surface area contributed by atoms with Gasteiger partial charge in [-0.25, -0.2) is 5.06 Å². The van der Waals surface area contributed by atoms with Crippen LogP contribution in [0, 0.1) is 16.0 Å². The summed E-state index contributed by atoms with van der Waals surface area (Å²) >= 11 is 0. The number of nitrogens with one attached hydrogen (secondary N) is 1. The lowest BCUT2D eigenvalue weighted by Crippen LogP contribution is -2.42. The Hall–Kier alpha value is -3.91. The number of benzene rings is 3. The van der Waals surface area contributed by atoms with Crippen molar-refractivity contribution in [3.8, 4) is 0 Å². The van der Waals surface area contributed by atoms with Crippen molar-refractivity contribution in [3.05, 3.63) is 101 Å². The number of piperidine rings is 1. The highest BCUT2D eigenvalue weighted by Crippen LogP contribution is 2.37. The number of rotatable bonds is 7. The Bertz CT molecular complexity index is 1120. The van der Waals surface area contributed by atoms with Gasteiger partial charge in [0.1, 0.15) is 6.10 Å². The van der Waals surface area contributed by atoms with Crippen LogP contribution in [0.15, 0.2) is 84.9 Å². The number of carbonyl (C=O) groups excluding carboxylic acids is 1. The van der Waals surface area contributed by atoms with Crippen LogP contribution >= 0.6 is 0 Å². The fourth-order valence-electron chi connectivity index (χ4n) is 5.05. The Kier molecular flexibility index (Phi) is 7.13. The molecule has 2 atom stereocenters. The number of hydrogen-bond acceptors (Lipinski definition) is 6. The molecule has 5 rings (SSSR count). The summed E-state index contributed by atoms with van der Waals surface area (Å²) in [4.78, 5) is 31.9. The summed E-state index contributed by atoms with van der Waals surface area (Å²) in [6.07, 6.45) is 2.17. The number of carbonyl (C=O) groups is 1. The SMILES string of the molecule is O=C(NC[C@H]1C[C@@H](c2ccccc2)N(c2ccccc2)O1)C1CCN(c2ccc([N+](=O)[O-])cc2)CC1. The average molecular weight is 487 g/mol. The standard InChI is InChI=1S/C28H30N4O4/c33-28(22-15-17-30(18-16-22)23-11-13-25(14-12-23)32(34)35)29-20-26-19-27(21-7-3-1-4-8-21)31(36-26)24-9-5-2-6-10-24/h1-14,22,26-27H,15-20H2,(H,29,33)/t26-,27+/m1/s1. The van der Waals surface area contributed by atoms with Gasteiger partial charge in [0.15, 0.2) is 0 Å². The van der Waals surface area contributed by atoms with Crippen LogP contribution in [-0.2, 0) is 9.63 Å². The van der Waals surface area contributed by atoms with E-state index in [4.69, 9.17) is 4.84 Å². The Labute approximate surface area is 210 Å². The molecule has 8 nitrogen and oxygen atoms in total. The molecule has 0 spiro atoms. The van der Waals surface area contributed by atoms with Crippen LogP contribution < -0.4 is 15.3 Å². The number of nitro benzene ring substituents is 1. The normalized spacial score (nSPS) is 20.3. The van der Waals surface area contributed by atoms with E-state index in [0.29, 0.717) is 6.54 Å². The number of para-hydroxylation sites is 1. The van der Waals surface area contributed by atoms with Crippen molar-refractivity contribution in [3.63, 3.8) is 0 Å². The first kappa shape index (κ1) is 23.8. The second kappa shape index (κ2) is 10.8. The fourth-order valence-corrected chi connectivity index (χ4v) is 5.05. The Morgan fingerprint density at radius 1 is 0.917 bits per heavy atom. The zero-order valence-corrected chi connectivity index (χ0v) is 20.0. The van der Waals surface area contributed by atoms with Crippen LogP contribution in [-0.4, -0.2) is 36.6 Å². The molecule has 2 fully saturated rings. The summed E-state index contributed by atoms with van der Waals surface area (Å²) in [6.45, 7) is 1.95. The lowest BCUT2D eigenvalue weighted by Gasteiger charge is -2.33. The third-order valence-electron chi connectivity index (χ3n) is 7.02. The maximum absolute atomic E-state index is 12.9. The molecule has 0 bridgehead atoms. The van der Waals surface area contributed by atoms with Gasteiger partial charge in [-0.3, -0.25) is 19.7 Å². The van der Waals surface area contributed by atoms with Crippen LogP contribution in [0.25, 0.3) is 0 Å². The molecule has 3 aromatic carbocycles. The molecule has 0 aromatic heterocycles. The molecular weight excluding hydrogens is 456 g/mol. The molecule has 3 aromatic rings. The highest BCUT2D eigenvalue weighted by atomic mass is 16.7. The molecule has 0 radical (unpaired) electrons. The highest BCUT2D eigenvalue weighted by molar-refractivity contribution is 5.79. The molecule has 36 heavy (non-hydrogen) atoms. The smallest absolute Gasteiger partial charge is 0.269 e. The van der Waals surface area contributed by atoms with Gasteiger partial charge >= 0.3 is 0 Å². The third kappa shape index (κ3) is 5.33. The molecule has 2 saturated heterocycles. The summed E-state index contributed by atoms with van der Waals surface area (Å²) in [5.74, 6) is 0.0206. The van der Waals surface area contributed by atoms with Gasteiger partial charge in [-0.15, -0.1) is 0 Å². The molecule has 1 amide bonds. The number of amides is 1. The molecular formula is C28H30N4O4. The zero-order chi connectivity index (χ0) is 24.9. The molecule has 0 aliphatic carbocycles. The van der Waals surface area contributed by atoms with E-state index in [1.165, 1.54) is 17.7 Å². The van der Waals surface area contributed by atoms with Gasteiger partial charge < -0.3 is 10.2 Å². The topological polar surface area (TPSA) is 88.0 Å². The third-order valence-corrected chi connectivity index (χ3v) is 7.02. The van der Waals surface area contributed by atoms with Crippen molar-refractivity contribution in [2.24, 2.45) is 5.92 Å². The fraction of sp³-hybridized carbons (Fsp3) is 0.321. The Morgan fingerprint density at radius 2 is 1.56 bits per heavy atom. The van der Waals surface area contributed by atoms with Crippen LogP contribution in [0.4, 0.5) is 17.1 Å². The van der Waals surface area contributed by atoms with Crippen LogP contribution in [0.3, 0.4) is 0 Å². The van der Waals surface area contributed by atoms with Crippen molar-refractivity contribution >= 4 is 23.0 Å². The lowest BCUT2D eigenvalue weighted by molar-refractivity contribution is -0.384. The summed E-state index contributed by atoms with van der Waals surface area (Å²) in [5, 5.41) is 16.0. The van der Waals surface area contributed by atoms with E-state index in [2.05, 4.69) is 22.3 Å². The van der Waals surface area contributed by atoms with Gasteiger partial charge in [0, 0.05) is 49.8 Å². The van der Waals surface area contributed by atoms with E-state index in [1.807, 2.05) is 53.6 Å². The molecule has 0 saturated carbocycles. The molecule has 1 N–H and O–H groups in total. The largest absolute Gasteiger partial charge is 0.371 e. The second-order valence-corrected chi connectivity index (χ2v) is 9.33. The maximum atomic E-state index is 12.9. The predicted molar refractivity (Wildman–Crippen MR) is 139 cm³/mol. The number of nitro groups is 1. The van der Waals surface area contributed by atoms with Gasteiger partial charge in [0.05, 0.1) is 16.7 Å². The van der Waals surface area contributed by atoms with E-state index in [-0.39, 0.29) is 29.7 Å². The van der Waals surface area contributed by atoms with E-state index >= 15 is 0 Å². The number of nitrogens with zero attached hydrogens (tertiary/aromatic N) is 3. The van der Waals surface area contributed by atoms with E-state index in [9.17, 15) is 14.9 Å². The predicted octanol–water partition coefficient (Wildman–Crippen LogP) is 4.88. The Morgan fingerprint density at radius 3 is 2.19 bits per heavy atom. The number of anilines is 2. The monoisotopic (exact) mass is 486 g/mol. The quantitative estimate of drug-likeness (QED) is 0.378. The zero-order valence-electron chi connectivity index (χ0n) is 20.0. The van der Waals surface area contributed by atoms with Gasteiger partial charge in [-0.05, 0) is 42.7 Å². The summed E-state index contributed by atoms with van der Waals surface area (Å²) in [5.41, 5.74) is 3.22. The minimum atomic E-state index is -0.393. The maximum Gasteiger partial charge on any atom is 0.269 e. The summed E-state index contributed by atoms with van der Waals surface area (Å²) in [7, 11) is 0. The highest BCUT2D eigenvalue weighted by Gasteiger charge is 2.35. The average Bonchev–Trinajstić information content (AvgIpc) is 3.37. The second-order valence-electron chi connectivity index (χ2n) is 9.33. The van der Waals surface area contributed by atoms with E-state index in [1.54, 1.807) is 12.1 Å². The summed E-state index contributed by atoms with van der Waals surface area (Å²) < 4.78 is 0. The van der Waals surface area contributed by atoms with Crippen LogP contribution in [0.2, 0.25) is 0 Å². The first-order valence-corrected chi connectivity index (χ1v) is 12.4. The van der Waals surface area contributed by atoms with Gasteiger partial charge in [0.25, 0.3) is 5.69 Å². The van der Waals surface area contributed by atoms with Crippen molar-refractivity contribution in [1.82, 2.24) is 5.32 Å². The molecule has 2 aliphatic rings. The summed E-state index contributed by atoms with van der Waals surface area (Å²) in [6, 6.07) is 27.1. The van der Waals surface area contributed by atoms with E-state index < -0.39 is 4.92 Å². The van der Waals surface area contributed by atoms with Gasteiger partial charge in [0.2, 0.25) is 5.91 Å². The first-order valence-electron chi connectivity index (χ1n) is 12.4. The Balaban J connectivity index is 1.15. The first-order chi connectivity index (χ1) is 17.6. The van der Waals surface area contributed by atoms with Crippen molar-refractivity contribution in [2.75, 3.05) is 29.6 Å². The number of hydrogen-bond donors (Lipinski definition) is 1. The van der Waals surface area contributed by atoms with Crippen molar-refractivity contribution in [1.29, 1.82) is 0 Å². The molecule has 8 heteroatoms. The van der Waals surface area contributed by atoms with Gasteiger partial charge in [-0.2, -0.15) is 0 Å². The molecule has 0 unspecified atom stereocenters. The molecule has 2 heterocycles.